The smallest absolute Gasteiger partial charge is 0.317 e. The van der Waals surface area contributed by atoms with Gasteiger partial charge in [-0.1, -0.05) is 5.16 Å². The van der Waals surface area contributed by atoms with Gasteiger partial charge in [0.1, 0.15) is 0 Å². The molecule has 0 heterocycles. The second kappa shape index (κ2) is 4.69. The molecule has 0 unspecified atom stereocenters. The molecule has 0 aromatic carbocycles. The van der Waals surface area contributed by atoms with Crippen LogP contribution >= 0.6 is 0 Å². The van der Waals surface area contributed by atoms with Crippen LogP contribution in [-0.4, -0.2) is 41.6 Å². The van der Waals surface area contributed by atoms with Crippen LogP contribution in [0, 0.1) is 0 Å². The highest BCUT2D eigenvalue weighted by Crippen LogP contribution is 2.17. The quantitative estimate of drug-likeness (QED) is 0.258. The van der Waals surface area contributed by atoms with Crippen LogP contribution in [0.1, 0.15) is 19.3 Å². The van der Waals surface area contributed by atoms with Gasteiger partial charge >= 0.3 is 6.03 Å². The van der Waals surface area contributed by atoms with Gasteiger partial charge in [0.15, 0.2) is 5.84 Å². The summed E-state index contributed by atoms with van der Waals surface area (Å²) in [6.07, 6.45) is 3.27. The van der Waals surface area contributed by atoms with Crippen molar-refractivity contribution in [2.75, 3.05) is 13.6 Å². The van der Waals surface area contributed by atoms with E-state index in [1.165, 1.54) is 11.3 Å². The van der Waals surface area contributed by atoms with Gasteiger partial charge < -0.3 is 21.2 Å². The van der Waals surface area contributed by atoms with Crippen molar-refractivity contribution in [3.63, 3.8) is 0 Å². The van der Waals surface area contributed by atoms with Gasteiger partial charge in [-0.3, -0.25) is 0 Å². The minimum absolute atomic E-state index is 0.0243. The first kappa shape index (κ1) is 10.6. The summed E-state index contributed by atoms with van der Waals surface area (Å²) in [7, 11) is 1.60. The number of urea groups is 1. The maximum atomic E-state index is 11.4. The lowest BCUT2D eigenvalue weighted by atomic mass is 9.93. The molecule has 0 saturated heterocycles. The van der Waals surface area contributed by atoms with E-state index < -0.39 is 0 Å². The van der Waals surface area contributed by atoms with Gasteiger partial charge in [0, 0.05) is 13.1 Å². The van der Waals surface area contributed by atoms with Crippen LogP contribution in [0.3, 0.4) is 0 Å². The number of carbonyl (C=O) groups excluding carboxylic acids is 1. The molecule has 0 bridgehead atoms. The number of nitrogens with zero attached hydrogens (tertiary/aromatic N) is 2. The van der Waals surface area contributed by atoms with E-state index in [1.54, 1.807) is 7.05 Å². The molecule has 4 N–H and O–H groups in total. The molecule has 2 amide bonds. The van der Waals surface area contributed by atoms with Crippen LogP contribution in [0.25, 0.3) is 0 Å². The number of amidine groups is 1. The van der Waals surface area contributed by atoms with Crippen molar-refractivity contribution in [1.29, 1.82) is 0 Å². The van der Waals surface area contributed by atoms with Crippen LogP contribution in [-0.2, 0) is 0 Å². The standard InChI is InChI=1S/C8H16N4O2/c1-12(5-7(9)11-14)8(13)10-6-3-2-4-6/h6,14H,2-5H2,1H3,(H2,9,11)(H,10,13). The average molecular weight is 200 g/mol. The largest absolute Gasteiger partial charge is 0.409 e. The van der Waals surface area contributed by atoms with E-state index in [9.17, 15) is 4.79 Å². The number of nitrogens with two attached hydrogens (primary N) is 1. The highest BCUT2D eigenvalue weighted by Gasteiger charge is 2.21. The Morgan fingerprint density at radius 2 is 2.36 bits per heavy atom. The van der Waals surface area contributed by atoms with Crippen molar-refractivity contribution in [2.45, 2.75) is 25.3 Å². The van der Waals surface area contributed by atoms with Gasteiger partial charge in [-0.25, -0.2) is 4.79 Å². The van der Waals surface area contributed by atoms with E-state index in [-0.39, 0.29) is 18.4 Å². The topological polar surface area (TPSA) is 90.9 Å². The molecule has 6 heteroatoms. The first-order valence-electron chi connectivity index (χ1n) is 4.61. The van der Waals surface area contributed by atoms with E-state index in [0.717, 1.165) is 12.8 Å². The predicted octanol–water partition coefficient (Wildman–Crippen LogP) is -0.0733. The first-order chi connectivity index (χ1) is 6.63. The molecule has 1 aliphatic carbocycles. The summed E-state index contributed by atoms with van der Waals surface area (Å²) in [6, 6.07) is 0.124. The monoisotopic (exact) mass is 200 g/mol. The number of hydrogen-bond acceptors (Lipinski definition) is 3. The third kappa shape index (κ3) is 2.79. The highest BCUT2D eigenvalue weighted by molar-refractivity contribution is 5.86. The number of hydrogen-bond donors (Lipinski definition) is 3. The van der Waals surface area contributed by atoms with Crippen LogP contribution in [0.4, 0.5) is 4.79 Å². The Hall–Kier alpha value is -1.46. The van der Waals surface area contributed by atoms with Crippen molar-refractivity contribution in [2.24, 2.45) is 10.9 Å². The summed E-state index contributed by atoms with van der Waals surface area (Å²) in [5, 5.41) is 13.9. The lowest BCUT2D eigenvalue weighted by Gasteiger charge is -2.28. The van der Waals surface area contributed by atoms with Crippen molar-refractivity contribution in [3.8, 4) is 0 Å². The van der Waals surface area contributed by atoms with Gasteiger partial charge in [0.05, 0.1) is 6.54 Å². The second-order valence-corrected chi connectivity index (χ2v) is 3.52. The molecule has 0 aromatic rings. The SMILES string of the molecule is CN(CC(N)=NO)C(=O)NC1CCC1. The zero-order valence-corrected chi connectivity index (χ0v) is 8.23. The van der Waals surface area contributed by atoms with Crippen molar-refractivity contribution >= 4 is 11.9 Å². The van der Waals surface area contributed by atoms with E-state index in [0.29, 0.717) is 6.04 Å². The number of nitrogens with one attached hydrogen (secondary N) is 1. The second-order valence-electron chi connectivity index (χ2n) is 3.52. The molecule has 14 heavy (non-hydrogen) atoms. The molecule has 0 spiro atoms. The van der Waals surface area contributed by atoms with Crippen molar-refractivity contribution < 1.29 is 10.0 Å². The Bertz CT molecular complexity index is 237. The average Bonchev–Trinajstić information content (AvgIpc) is 2.10. The fourth-order valence-corrected chi connectivity index (χ4v) is 1.18. The third-order valence-corrected chi connectivity index (χ3v) is 2.31. The molecular formula is C8H16N4O2. The molecule has 80 valence electrons. The molecule has 0 aliphatic heterocycles. The van der Waals surface area contributed by atoms with Crippen LogP contribution in [0.15, 0.2) is 5.16 Å². The number of oxime groups is 1. The van der Waals surface area contributed by atoms with Crippen LogP contribution < -0.4 is 11.1 Å². The molecule has 1 aliphatic rings. The summed E-state index contributed by atoms with van der Waals surface area (Å²) in [6.45, 7) is 0.134. The van der Waals surface area contributed by atoms with Gasteiger partial charge in [-0.15, -0.1) is 0 Å². The molecule has 0 radical (unpaired) electrons. The fourth-order valence-electron chi connectivity index (χ4n) is 1.18. The van der Waals surface area contributed by atoms with E-state index >= 15 is 0 Å². The number of carbonyl (C=O) groups is 1. The first-order valence-corrected chi connectivity index (χ1v) is 4.61. The third-order valence-electron chi connectivity index (χ3n) is 2.31. The Labute approximate surface area is 82.7 Å². The molecule has 1 rings (SSSR count). The maximum Gasteiger partial charge on any atom is 0.317 e. The van der Waals surface area contributed by atoms with Crippen molar-refractivity contribution in [3.05, 3.63) is 0 Å². The van der Waals surface area contributed by atoms with Gasteiger partial charge in [0.25, 0.3) is 0 Å². The zero-order valence-electron chi connectivity index (χ0n) is 8.23. The summed E-state index contributed by atoms with van der Waals surface area (Å²) in [4.78, 5) is 12.8. The predicted molar refractivity (Wildman–Crippen MR) is 52.2 cm³/mol. The molecule has 1 saturated carbocycles. The fraction of sp³-hybridized carbons (Fsp3) is 0.750. The molecule has 1 fully saturated rings. The number of amides is 2. The van der Waals surface area contributed by atoms with E-state index in [2.05, 4.69) is 10.5 Å². The summed E-state index contributed by atoms with van der Waals surface area (Å²) in [5.74, 6) is 0.0243. The van der Waals surface area contributed by atoms with Gasteiger partial charge in [0.2, 0.25) is 0 Å². The summed E-state index contributed by atoms with van der Waals surface area (Å²) < 4.78 is 0. The molecule has 6 nitrogen and oxygen atoms in total. The minimum atomic E-state index is -0.179. The summed E-state index contributed by atoms with van der Waals surface area (Å²) >= 11 is 0. The Morgan fingerprint density at radius 3 is 2.79 bits per heavy atom. The van der Waals surface area contributed by atoms with E-state index in [1.807, 2.05) is 0 Å². The zero-order chi connectivity index (χ0) is 10.6. The normalized spacial score (nSPS) is 17.4. The Kier molecular flexibility index (Phi) is 3.55. The van der Waals surface area contributed by atoms with Crippen molar-refractivity contribution in [1.82, 2.24) is 10.2 Å². The number of likely N-dealkylation sites (N-methyl/N-ethyl adjacent to an activating group) is 1. The minimum Gasteiger partial charge on any atom is -0.409 e. The van der Waals surface area contributed by atoms with Crippen LogP contribution in [0.2, 0.25) is 0 Å². The van der Waals surface area contributed by atoms with Gasteiger partial charge in [-0.05, 0) is 19.3 Å². The summed E-state index contributed by atoms with van der Waals surface area (Å²) in [5.41, 5.74) is 5.27. The molecule has 0 atom stereocenters. The molecular weight excluding hydrogens is 184 g/mol. The number of rotatable bonds is 3. The van der Waals surface area contributed by atoms with Gasteiger partial charge in [-0.2, -0.15) is 0 Å². The lowest BCUT2D eigenvalue weighted by molar-refractivity contribution is 0.201. The maximum absolute atomic E-state index is 11.4. The van der Waals surface area contributed by atoms with Crippen LogP contribution in [0.5, 0.6) is 0 Å². The molecule has 0 aromatic heterocycles. The lowest BCUT2D eigenvalue weighted by Crippen LogP contribution is -2.48. The Balaban J connectivity index is 2.28. The highest BCUT2D eigenvalue weighted by atomic mass is 16.4. The van der Waals surface area contributed by atoms with E-state index in [4.69, 9.17) is 10.9 Å². The Morgan fingerprint density at radius 1 is 1.71 bits per heavy atom.